The van der Waals surface area contributed by atoms with Gasteiger partial charge in [0, 0.05) is 47.6 Å². The molecule has 2 aliphatic rings. The first kappa shape index (κ1) is 68.0. The Kier molecular flexibility index (Phi) is 31.3. The van der Waals surface area contributed by atoms with Gasteiger partial charge in [0.05, 0.1) is 24.3 Å². The molecule has 6 unspecified atom stereocenters. The van der Waals surface area contributed by atoms with Crippen molar-refractivity contribution in [2.45, 2.75) is 197 Å². The van der Waals surface area contributed by atoms with Crippen molar-refractivity contribution in [2.24, 2.45) is 11.8 Å². The van der Waals surface area contributed by atoms with Crippen LogP contribution >= 0.6 is 30.8 Å². The van der Waals surface area contributed by atoms with E-state index in [9.17, 15) is 27.8 Å². The molecule has 0 N–H and O–H groups in total. The topological polar surface area (TPSA) is 158 Å². The number of carbonyl (C=O) groups excluding carboxylic acids is 2. The normalized spacial score (nSPS) is 17.5. The molecule has 0 bridgehead atoms. The van der Waals surface area contributed by atoms with E-state index in [-0.39, 0.29) is 44.8 Å². The van der Waals surface area contributed by atoms with Crippen LogP contribution < -0.4 is 0 Å². The lowest BCUT2D eigenvalue weighted by Gasteiger charge is -2.27. The summed E-state index contributed by atoms with van der Waals surface area (Å²) >= 11 is 0. The Hall–Kier alpha value is -2.12. The van der Waals surface area contributed by atoms with Gasteiger partial charge in [-0.2, -0.15) is 0 Å². The molecule has 2 aromatic carbocycles. The number of carbonyl (C=O) groups is 2. The summed E-state index contributed by atoms with van der Waals surface area (Å²) in [5.74, 6) is 0.648. The van der Waals surface area contributed by atoms with Crippen LogP contribution in [-0.4, -0.2) is 72.3 Å². The van der Waals surface area contributed by atoms with E-state index < -0.39 is 30.8 Å². The van der Waals surface area contributed by atoms with E-state index in [0.29, 0.717) is 62.2 Å². The highest BCUT2D eigenvalue weighted by atomic mass is 31.2. The molecule has 0 fully saturated rings. The van der Waals surface area contributed by atoms with Gasteiger partial charge in [0.2, 0.25) is 14.7 Å². The fourth-order valence-electron chi connectivity index (χ4n) is 5.05. The summed E-state index contributed by atoms with van der Waals surface area (Å²) in [6.07, 6.45) is 2.44. The van der Waals surface area contributed by atoms with Crippen LogP contribution in [0.25, 0.3) is 0 Å². The summed E-state index contributed by atoms with van der Waals surface area (Å²) in [7, 11) is -8.32. The zero-order valence-electron chi connectivity index (χ0n) is 46.3. The average Bonchev–Trinajstić information content (AvgIpc) is 3.72. The first-order valence-electron chi connectivity index (χ1n) is 24.4. The summed E-state index contributed by atoms with van der Waals surface area (Å²) in [5.41, 5.74) is 3.02. The molecule has 68 heavy (non-hydrogen) atoms. The van der Waals surface area contributed by atoms with Crippen LogP contribution in [0.5, 0.6) is 0 Å². The van der Waals surface area contributed by atoms with Crippen molar-refractivity contribution in [2.75, 3.05) is 39.8 Å². The van der Waals surface area contributed by atoms with Crippen molar-refractivity contribution in [1.29, 1.82) is 0 Å². The molecule has 0 radical (unpaired) electrons. The third-order valence-corrected chi connectivity index (χ3v) is 19.6. The molecule has 0 aliphatic carbocycles. The Bertz CT molecular complexity index is 1920. The Labute approximate surface area is 415 Å². The second-order valence-corrected chi connectivity index (χ2v) is 31.9. The minimum atomic E-state index is -2.67. The molecular weight excluding hydrogens is 940 g/mol. The molecule has 2 heterocycles. The fraction of sp³-hybridized carbons (Fsp3) is 0.731. The molecule has 2 aromatic rings. The van der Waals surface area contributed by atoms with Gasteiger partial charge in [-0.15, -0.1) is 9.05 Å². The third-order valence-electron chi connectivity index (χ3n) is 10.3. The number of ether oxygens (including phenoxy) is 2. The predicted molar refractivity (Wildman–Crippen MR) is 285 cm³/mol. The molecule has 0 amide bonds. The predicted octanol–water partition coefficient (Wildman–Crippen LogP) is 17.3. The van der Waals surface area contributed by atoms with Crippen LogP contribution in [-0.2, 0) is 45.8 Å². The lowest BCUT2D eigenvalue weighted by molar-refractivity contribution is 0.0331. The van der Waals surface area contributed by atoms with Crippen LogP contribution in [0, 0.1) is 11.8 Å². The number of esters is 2. The van der Waals surface area contributed by atoms with E-state index in [1.807, 2.05) is 147 Å². The highest BCUT2D eigenvalue weighted by molar-refractivity contribution is 7.60. The van der Waals surface area contributed by atoms with Crippen molar-refractivity contribution in [3.8, 4) is 0 Å². The van der Waals surface area contributed by atoms with Gasteiger partial charge in [0.15, 0.2) is 10.3 Å². The van der Waals surface area contributed by atoms with Crippen molar-refractivity contribution in [1.82, 2.24) is 0 Å². The minimum Gasteiger partial charge on any atom is -0.454 e. The first-order chi connectivity index (χ1) is 31.1. The van der Waals surface area contributed by atoms with Gasteiger partial charge in [0.25, 0.3) is 0 Å². The SMILES string of the molecule is CC.CC.CC(C)(C)P(C)(=O)OCCC1OC(=O)c2ccccc21.CC(C)(C)[P+](=O)OCCC1OC(=O)c2ccccc21.CC(C)CCOP(C)(=O)C(C)(C)C.CC(C)CCO[P+](=O)C(C)(C)C. The lowest BCUT2D eigenvalue weighted by Crippen LogP contribution is -2.17. The minimum absolute atomic E-state index is 0.216. The largest absolute Gasteiger partial charge is 0.513 e. The van der Waals surface area contributed by atoms with E-state index in [1.165, 1.54) is 0 Å². The van der Waals surface area contributed by atoms with E-state index in [4.69, 9.17) is 27.6 Å². The van der Waals surface area contributed by atoms with Gasteiger partial charge >= 0.3 is 28.0 Å². The van der Waals surface area contributed by atoms with Gasteiger partial charge in [-0.25, -0.2) is 9.59 Å². The number of fused-ring (bicyclic) bond motifs is 2. The lowest BCUT2D eigenvalue weighted by atomic mass is 10.0. The van der Waals surface area contributed by atoms with E-state index in [1.54, 1.807) is 25.5 Å². The number of hydrogen-bond donors (Lipinski definition) is 0. The quantitative estimate of drug-likeness (QED) is 0.116. The van der Waals surface area contributed by atoms with Gasteiger partial charge in [-0.3, -0.25) is 9.13 Å². The van der Waals surface area contributed by atoms with Crippen molar-refractivity contribution >= 4 is 42.7 Å². The monoisotopic (exact) mass is 1030 g/mol. The molecular formula is C52H94O12P4+2. The van der Waals surface area contributed by atoms with Crippen LogP contribution in [0.1, 0.15) is 208 Å². The summed E-state index contributed by atoms with van der Waals surface area (Å²) in [6.45, 7) is 44.8. The maximum atomic E-state index is 12.4. The van der Waals surface area contributed by atoms with Crippen LogP contribution in [0.15, 0.2) is 48.5 Å². The summed E-state index contributed by atoms with van der Waals surface area (Å²) in [5, 5.41) is -1.19. The molecule has 0 saturated carbocycles. The zero-order chi connectivity index (χ0) is 53.5. The molecule has 0 spiro atoms. The van der Waals surface area contributed by atoms with Crippen LogP contribution in [0.2, 0.25) is 0 Å². The molecule has 0 saturated heterocycles. The van der Waals surface area contributed by atoms with Gasteiger partial charge in [-0.1, -0.05) is 133 Å². The fourth-order valence-corrected chi connectivity index (χ4v) is 8.05. The van der Waals surface area contributed by atoms with Gasteiger partial charge in [0.1, 0.15) is 25.4 Å². The summed E-state index contributed by atoms with van der Waals surface area (Å²) in [6, 6.07) is 14.7. The molecule has 2 aliphatic heterocycles. The molecule has 16 heteroatoms. The highest BCUT2D eigenvalue weighted by Gasteiger charge is 2.39. The van der Waals surface area contributed by atoms with Crippen LogP contribution in [0.3, 0.4) is 0 Å². The van der Waals surface area contributed by atoms with E-state index in [2.05, 4.69) is 27.7 Å². The standard InChI is InChI=1S/C15H21O4P.C14H18O4P.C10H23O2P.C9H20O2P.2C2H6/c1-15(2,3)20(4,17)18-10-9-13-11-7-5-6-8-12(11)14(16)19-13;1-14(2,3)19(16)17-9-8-12-10-6-4-5-7-11(10)13(15)18-12;1-9(2)7-8-12-13(6,11)10(3,4)5;1-8(2)6-7-11-12(10)9(3,4)5;2*1-2/h5-8,13H,9-10H2,1-4H3;4-7,12H,8-9H2,1-3H3;9H,7-8H2,1-6H3;8H,6-7H2,1-5H3;2*1-2H3/q;+1;;+1;;. The van der Waals surface area contributed by atoms with E-state index >= 15 is 0 Å². The maximum Gasteiger partial charge on any atom is 0.513 e. The Morgan fingerprint density at radius 1 is 0.529 bits per heavy atom. The second-order valence-electron chi connectivity index (χ2n) is 21.1. The van der Waals surface area contributed by atoms with Gasteiger partial charge in [-0.05, 0) is 87.5 Å². The first-order valence-corrected chi connectivity index (χ1v) is 30.9. The molecule has 6 atom stereocenters. The second kappa shape index (κ2) is 31.4. The smallest absolute Gasteiger partial charge is 0.454 e. The van der Waals surface area contributed by atoms with Crippen LogP contribution in [0.4, 0.5) is 0 Å². The third kappa shape index (κ3) is 25.3. The van der Waals surface area contributed by atoms with Crippen molar-refractivity contribution in [3.05, 3.63) is 70.8 Å². The van der Waals surface area contributed by atoms with Crippen molar-refractivity contribution in [3.63, 3.8) is 0 Å². The number of cyclic esters (lactones) is 2. The Morgan fingerprint density at radius 3 is 1.18 bits per heavy atom. The molecule has 392 valence electrons. The summed E-state index contributed by atoms with van der Waals surface area (Å²) in [4.78, 5) is 23.3. The molecule has 4 rings (SSSR count). The number of benzene rings is 2. The number of hydrogen-bond acceptors (Lipinski definition) is 12. The summed E-state index contributed by atoms with van der Waals surface area (Å²) < 4.78 is 79.7. The molecule has 12 nitrogen and oxygen atoms in total. The maximum absolute atomic E-state index is 12.4. The Balaban J connectivity index is 0. The van der Waals surface area contributed by atoms with Crippen molar-refractivity contribution < 1.29 is 55.4 Å². The zero-order valence-corrected chi connectivity index (χ0v) is 49.9. The van der Waals surface area contributed by atoms with E-state index in [0.717, 1.165) is 24.0 Å². The Morgan fingerprint density at radius 2 is 0.838 bits per heavy atom. The van der Waals surface area contributed by atoms with Gasteiger partial charge < -0.3 is 18.5 Å². The average molecular weight is 1040 g/mol. The molecule has 0 aromatic heterocycles. The number of rotatable bonds is 16. The highest BCUT2D eigenvalue weighted by Crippen LogP contribution is 2.56.